The van der Waals surface area contributed by atoms with Gasteiger partial charge in [0.05, 0.1) is 6.54 Å². The van der Waals surface area contributed by atoms with Crippen LogP contribution in [0.1, 0.15) is 23.4 Å². The highest BCUT2D eigenvalue weighted by atomic mass is 16.5. The number of nitrogens with two attached hydrogens (primary N) is 1. The molecule has 1 aliphatic rings. The predicted molar refractivity (Wildman–Crippen MR) is 94.7 cm³/mol. The number of aromatic nitrogens is 2. The molecule has 2 N–H and O–H groups in total. The standard InChI is InChI=1S/C19H20N4O/c1-13-6-2-3-7-14(13)19-21-18(22-24-19)12-23-11-5-8-15-16(20)9-4-10-17(15)23/h2-4,6-7,9-10H,5,8,11-12,20H2,1H3. The quantitative estimate of drug-likeness (QED) is 0.747. The lowest BCUT2D eigenvalue weighted by Gasteiger charge is -2.30. The van der Waals surface area contributed by atoms with Crippen LogP contribution in [0.3, 0.4) is 0 Å². The van der Waals surface area contributed by atoms with Crippen molar-refractivity contribution in [1.82, 2.24) is 10.1 Å². The Morgan fingerprint density at radius 1 is 1.17 bits per heavy atom. The second kappa shape index (κ2) is 6.00. The molecular formula is C19H20N4O. The summed E-state index contributed by atoms with van der Waals surface area (Å²) in [5.41, 5.74) is 11.5. The van der Waals surface area contributed by atoms with Crippen molar-refractivity contribution in [1.29, 1.82) is 0 Å². The van der Waals surface area contributed by atoms with Crippen LogP contribution in [0.4, 0.5) is 11.4 Å². The zero-order valence-corrected chi connectivity index (χ0v) is 13.7. The van der Waals surface area contributed by atoms with Crippen molar-refractivity contribution in [3.05, 3.63) is 59.4 Å². The number of nitrogen functional groups attached to an aromatic ring is 1. The fourth-order valence-electron chi connectivity index (χ4n) is 3.30. The Morgan fingerprint density at radius 3 is 2.92 bits per heavy atom. The molecule has 2 heterocycles. The number of nitrogens with zero attached hydrogens (tertiary/aromatic N) is 3. The van der Waals surface area contributed by atoms with Gasteiger partial charge < -0.3 is 15.2 Å². The van der Waals surface area contributed by atoms with Gasteiger partial charge in [0.15, 0.2) is 5.82 Å². The van der Waals surface area contributed by atoms with E-state index in [4.69, 9.17) is 10.3 Å². The Kier molecular flexibility index (Phi) is 3.69. The summed E-state index contributed by atoms with van der Waals surface area (Å²) in [6.45, 7) is 3.65. The summed E-state index contributed by atoms with van der Waals surface area (Å²) < 4.78 is 5.47. The van der Waals surface area contributed by atoms with Gasteiger partial charge in [-0.25, -0.2) is 0 Å². The average Bonchev–Trinajstić information content (AvgIpc) is 3.05. The van der Waals surface area contributed by atoms with Crippen LogP contribution < -0.4 is 10.6 Å². The molecule has 0 spiro atoms. The third kappa shape index (κ3) is 2.62. The number of hydrogen-bond acceptors (Lipinski definition) is 5. The van der Waals surface area contributed by atoms with E-state index in [2.05, 4.69) is 21.1 Å². The number of fused-ring (bicyclic) bond motifs is 1. The van der Waals surface area contributed by atoms with Crippen molar-refractivity contribution >= 4 is 11.4 Å². The minimum absolute atomic E-state index is 0.577. The molecule has 0 unspecified atom stereocenters. The molecule has 0 amide bonds. The Hall–Kier alpha value is -2.82. The molecule has 0 saturated heterocycles. The Bertz CT molecular complexity index is 871. The minimum Gasteiger partial charge on any atom is -0.398 e. The molecule has 5 nitrogen and oxygen atoms in total. The van der Waals surface area contributed by atoms with E-state index in [0.29, 0.717) is 18.3 Å². The van der Waals surface area contributed by atoms with E-state index < -0.39 is 0 Å². The topological polar surface area (TPSA) is 68.2 Å². The SMILES string of the molecule is Cc1ccccc1-c1nc(CN2CCCc3c(N)cccc32)no1. The molecule has 2 aromatic carbocycles. The molecule has 1 aromatic heterocycles. The van der Waals surface area contributed by atoms with Crippen molar-refractivity contribution in [2.45, 2.75) is 26.3 Å². The summed E-state index contributed by atoms with van der Waals surface area (Å²) in [6, 6.07) is 14.1. The van der Waals surface area contributed by atoms with E-state index in [1.54, 1.807) is 0 Å². The van der Waals surface area contributed by atoms with Gasteiger partial charge in [-0.2, -0.15) is 4.98 Å². The largest absolute Gasteiger partial charge is 0.398 e. The van der Waals surface area contributed by atoms with Crippen LogP contribution in [0.5, 0.6) is 0 Å². The zero-order valence-electron chi connectivity index (χ0n) is 13.7. The normalized spacial score (nSPS) is 13.8. The van der Waals surface area contributed by atoms with Gasteiger partial charge in [-0.05, 0) is 49.1 Å². The first-order valence-corrected chi connectivity index (χ1v) is 8.23. The first-order chi connectivity index (χ1) is 11.7. The van der Waals surface area contributed by atoms with Gasteiger partial charge in [0.2, 0.25) is 0 Å². The van der Waals surface area contributed by atoms with Crippen molar-refractivity contribution in [3.8, 4) is 11.5 Å². The monoisotopic (exact) mass is 320 g/mol. The third-order valence-corrected chi connectivity index (χ3v) is 4.56. The average molecular weight is 320 g/mol. The second-order valence-corrected chi connectivity index (χ2v) is 6.20. The summed E-state index contributed by atoms with van der Waals surface area (Å²) in [6.07, 6.45) is 2.11. The minimum atomic E-state index is 0.577. The van der Waals surface area contributed by atoms with Gasteiger partial charge in [0.1, 0.15) is 0 Å². The van der Waals surface area contributed by atoms with E-state index in [1.807, 2.05) is 43.3 Å². The number of aryl methyl sites for hydroxylation is 1. The van der Waals surface area contributed by atoms with E-state index in [9.17, 15) is 0 Å². The van der Waals surface area contributed by atoms with Crippen molar-refractivity contribution < 1.29 is 4.52 Å². The highest BCUT2D eigenvalue weighted by Gasteiger charge is 2.21. The number of rotatable bonds is 3. The first kappa shape index (κ1) is 14.8. The van der Waals surface area contributed by atoms with Crippen LogP contribution in [0.2, 0.25) is 0 Å². The predicted octanol–water partition coefficient (Wildman–Crippen LogP) is 3.58. The third-order valence-electron chi connectivity index (χ3n) is 4.56. The van der Waals surface area contributed by atoms with Gasteiger partial charge in [-0.15, -0.1) is 0 Å². The van der Waals surface area contributed by atoms with E-state index >= 15 is 0 Å². The Balaban J connectivity index is 1.60. The lowest BCUT2D eigenvalue weighted by Crippen LogP contribution is -2.29. The molecule has 0 atom stereocenters. The van der Waals surface area contributed by atoms with Crippen LogP contribution in [-0.4, -0.2) is 16.7 Å². The highest BCUT2D eigenvalue weighted by molar-refractivity contribution is 5.66. The molecule has 4 rings (SSSR count). The highest BCUT2D eigenvalue weighted by Crippen LogP contribution is 2.32. The molecule has 0 fully saturated rings. The molecule has 122 valence electrons. The zero-order chi connectivity index (χ0) is 16.5. The van der Waals surface area contributed by atoms with Gasteiger partial charge in [-0.1, -0.05) is 29.4 Å². The Morgan fingerprint density at radius 2 is 2.04 bits per heavy atom. The van der Waals surface area contributed by atoms with Gasteiger partial charge in [0, 0.05) is 23.5 Å². The molecule has 0 saturated carbocycles. The van der Waals surface area contributed by atoms with Crippen LogP contribution in [0, 0.1) is 6.92 Å². The molecule has 24 heavy (non-hydrogen) atoms. The number of benzene rings is 2. The number of hydrogen-bond donors (Lipinski definition) is 1. The van der Waals surface area contributed by atoms with Crippen molar-refractivity contribution in [3.63, 3.8) is 0 Å². The van der Waals surface area contributed by atoms with Crippen molar-refractivity contribution in [2.24, 2.45) is 0 Å². The lowest BCUT2D eigenvalue weighted by atomic mass is 10.00. The van der Waals surface area contributed by atoms with E-state index in [0.717, 1.165) is 36.2 Å². The number of anilines is 2. The van der Waals surface area contributed by atoms with Crippen LogP contribution in [0.25, 0.3) is 11.5 Å². The summed E-state index contributed by atoms with van der Waals surface area (Å²) in [5, 5.41) is 4.16. The molecule has 1 aliphatic heterocycles. The van der Waals surface area contributed by atoms with E-state index in [-0.39, 0.29) is 0 Å². The maximum absolute atomic E-state index is 6.12. The van der Waals surface area contributed by atoms with Crippen LogP contribution in [0.15, 0.2) is 47.0 Å². The lowest BCUT2D eigenvalue weighted by molar-refractivity contribution is 0.421. The summed E-state index contributed by atoms with van der Waals surface area (Å²) >= 11 is 0. The van der Waals surface area contributed by atoms with Crippen LogP contribution in [-0.2, 0) is 13.0 Å². The molecule has 0 radical (unpaired) electrons. The van der Waals surface area contributed by atoms with Crippen molar-refractivity contribution in [2.75, 3.05) is 17.2 Å². The molecular weight excluding hydrogens is 300 g/mol. The first-order valence-electron chi connectivity index (χ1n) is 8.23. The van der Waals surface area contributed by atoms with E-state index in [1.165, 1.54) is 11.3 Å². The fraction of sp³-hybridized carbons (Fsp3) is 0.263. The molecule has 5 heteroatoms. The summed E-state index contributed by atoms with van der Waals surface area (Å²) in [5.74, 6) is 1.27. The smallest absolute Gasteiger partial charge is 0.258 e. The molecule has 3 aromatic rings. The van der Waals surface area contributed by atoms with Gasteiger partial charge in [0.25, 0.3) is 5.89 Å². The van der Waals surface area contributed by atoms with Crippen LogP contribution >= 0.6 is 0 Å². The summed E-state index contributed by atoms with van der Waals surface area (Å²) in [4.78, 5) is 6.86. The van der Waals surface area contributed by atoms with Gasteiger partial charge >= 0.3 is 0 Å². The maximum Gasteiger partial charge on any atom is 0.258 e. The molecule has 0 bridgehead atoms. The summed E-state index contributed by atoms with van der Waals surface area (Å²) in [7, 11) is 0. The maximum atomic E-state index is 6.12. The second-order valence-electron chi connectivity index (χ2n) is 6.20. The van der Waals surface area contributed by atoms with Gasteiger partial charge in [-0.3, -0.25) is 0 Å². The Labute approximate surface area is 141 Å². The fourth-order valence-corrected chi connectivity index (χ4v) is 3.30. The molecule has 0 aliphatic carbocycles.